The molecule has 0 aliphatic carbocycles. The number of benzene rings is 2. The molecule has 0 spiro atoms. The molecule has 0 fully saturated rings. The molecule has 0 aliphatic rings. The molecule has 0 radical (unpaired) electrons. The molecule has 88 valence electrons. The van der Waals surface area contributed by atoms with Crippen LogP contribution in [-0.2, 0) is 5.41 Å². The maximum atomic E-state index is 8.24. The van der Waals surface area contributed by atoms with Crippen molar-refractivity contribution in [1.29, 1.82) is 2.86 Å². The normalized spacial score (nSPS) is 25.9. The van der Waals surface area contributed by atoms with Crippen molar-refractivity contribution >= 4 is 0 Å². The van der Waals surface area contributed by atoms with Crippen molar-refractivity contribution in [2.75, 3.05) is 0 Å². The Morgan fingerprint density at radius 2 is 1.29 bits per heavy atom. The van der Waals surface area contributed by atoms with Crippen LogP contribution in [0.4, 0.5) is 0 Å². The van der Waals surface area contributed by atoms with E-state index in [1.165, 1.54) is 0 Å². The minimum Gasteiger partial charge on any atom is -0.508 e. The van der Waals surface area contributed by atoms with Gasteiger partial charge in [-0.3, -0.25) is 0 Å². The number of phenolic OH excluding ortho intramolecular Hbond substituents is 2. The molecule has 0 aliphatic heterocycles. The molecule has 2 N–H and O–H groups in total. The first-order valence-electron chi connectivity index (χ1n) is 12.2. The van der Waals surface area contributed by atoms with Crippen LogP contribution in [0.15, 0.2) is 48.3 Å². The van der Waals surface area contributed by atoms with Crippen LogP contribution < -0.4 is 0 Å². The third-order valence-corrected chi connectivity index (χ3v) is 1.95. The van der Waals surface area contributed by atoms with Crippen LogP contribution in [0.5, 0.6) is 11.5 Å². The van der Waals surface area contributed by atoms with Gasteiger partial charge in [-0.05, 0) is 35.3 Å². The first-order valence-corrected chi connectivity index (χ1v) is 4.41. The van der Waals surface area contributed by atoms with Gasteiger partial charge in [0.1, 0.15) is 11.5 Å². The Kier molecular flexibility index (Phi) is 0.702. The minimum absolute atomic E-state index is 0.920. The quantitative estimate of drug-likeness (QED) is 0.865. The number of phenols is 2. The van der Waals surface area contributed by atoms with E-state index >= 15 is 0 Å². The molecule has 0 bridgehead atoms. The van der Waals surface area contributed by atoms with Crippen molar-refractivity contribution in [1.82, 2.24) is 0 Å². The Morgan fingerprint density at radius 1 is 0.882 bits per heavy atom. The highest BCUT2D eigenvalue weighted by molar-refractivity contribution is 5.41. The van der Waals surface area contributed by atoms with E-state index in [0.29, 0.717) is 0 Å². The smallest absolute Gasteiger partial charge is 0.293 e. The molecule has 2 aromatic rings. The van der Waals surface area contributed by atoms with E-state index < -0.39 is 90.1 Å². The molecule has 0 unspecified atom stereocenters. The summed E-state index contributed by atoms with van der Waals surface area (Å²) in [5.41, 5.74) is -6.10. The molecular formula is C15H16O2. The van der Waals surface area contributed by atoms with Crippen molar-refractivity contribution in [3.8, 4) is 11.5 Å². The third-order valence-electron chi connectivity index (χ3n) is 1.95. The van der Waals surface area contributed by atoms with E-state index in [1.807, 2.05) is 0 Å². The topological polar surface area (TPSA) is 40.5 Å². The molecular weight excluding hydrogens is 212 g/mol. The fourth-order valence-electron chi connectivity index (χ4n) is 1.10. The molecule has 17 heavy (non-hydrogen) atoms. The summed E-state index contributed by atoms with van der Waals surface area (Å²) in [6, 6.07) is -9.21. The summed E-state index contributed by atoms with van der Waals surface area (Å²) in [7, 11) is 0. The summed E-state index contributed by atoms with van der Waals surface area (Å²) < 4.78 is 127. The van der Waals surface area contributed by atoms with Gasteiger partial charge in [0.2, 0.25) is 0 Å². The summed E-state index contributed by atoms with van der Waals surface area (Å²) in [6.07, 6.45) is 0. The van der Waals surface area contributed by atoms with Gasteiger partial charge in [-0.25, -0.2) is 0 Å². The fourth-order valence-corrected chi connectivity index (χ4v) is 1.10. The highest BCUT2D eigenvalue weighted by Gasteiger charge is 2.22. The fraction of sp³-hybridized carbons (Fsp3) is 0.200. The first kappa shape index (κ1) is 2.89. The van der Waals surface area contributed by atoms with Crippen LogP contribution in [0, 0.1) is 0 Å². The van der Waals surface area contributed by atoms with Gasteiger partial charge in [-0.1, -0.05) is 37.9 Å². The Labute approximate surface area is 124 Å². The zero-order valence-electron chi connectivity index (χ0n) is 24.3. The first-order chi connectivity index (χ1) is 14.9. The number of rotatable bonds is 4. The van der Waals surface area contributed by atoms with Crippen LogP contribution in [0.2, 0.25) is 0 Å². The van der Waals surface area contributed by atoms with Crippen molar-refractivity contribution < 1.29 is 29.4 Å². The van der Waals surface area contributed by atoms with Gasteiger partial charge in [-0.2, -0.15) is 0 Å². The summed E-state index contributed by atoms with van der Waals surface area (Å²) >= 11 is 0. The Bertz CT molecular complexity index is 958. The van der Waals surface area contributed by atoms with Crippen molar-refractivity contribution in [3.05, 3.63) is 59.5 Å². The van der Waals surface area contributed by atoms with E-state index in [-0.39, 0.29) is 0 Å². The average molecular weight is 244 g/mol. The Balaban J connectivity index is 3.39. The molecule has 2 aromatic carbocycles. The van der Waals surface area contributed by atoms with Crippen LogP contribution in [0.3, 0.4) is 0 Å². The van der Waals surface area contributed by atoms with E-state index in [0.717, 1.165) is 0 Å². The van der Waals surface area contributed by atoms with Gasteiger partial charge >= 0.3 is 0 Å². The van der Waals surface area contributed by atoms with Crippen LogP contribution >= 0.6 is 0 Å². The molecule has 0 amide bonds. The Hall–Kier alpha value is -1.96. The third kappa shape index (κ3) is 2.26. The van der Waals surface area contributed by atoms with Gasteiger partial charge in [0.15, 0.2) is 0 Å². The van der Waals surface area contributed by atoms with Gasteiger partial charge in [-0.15, -0.1) is 0 Å². The highest BCUT2D eigenvalue weighted by atomic mass is 16.3. The maximum Gasteiger partial charge on any atom is 0.293 e. The molecule has 0 saturated carbocycles. The average Bonchev–Trinajstić information content (AvgIpc) is 2.69. The molecule has 0 atom stereocenters. The van der Waals surface area contributed by atoms with Crippen LogP contribution in [-0.4, -0.2) is 13.1 Å². The highest BCUT2D eigenvalue weighted by Crippen LogP contribution is 2.32. The molecule has 0 aromatic heterocycles. The molecule has 0 heterocycles. The SMILES string of the molecule is [2H]Oc1c([2H])c([2H])c(C(c2c([2H])c([2H])c(O[2H])c([2H])c2[2H])(C([2H])([2H])[2H])C([2H])([2H])[2H])c([2H])c1[2H]. The minimum atomic E-state index is -3.78. The van der Waals surface area contributed by atoms with Crippen LogP contribution in [0.1, 0.15) is 44.0 Å². The predicted molar refractivity (Wildman–Crippen MR) is 68.3 cm³/mol. The molecule has 2 nitrogen and oxygen atoms in total. The Morgan fingerprint density at radius 3 is 1.59 bits per heavy atom. The van der Waals surface area contributed by atoms with E-state index in [2.05, 4.69) is 10.2 Å². The summed E-state index contributed by atoms with van der Waals surface area (Å²) in [6.45, 7) is -7.56. The van der Waals surface area contributed by atoms with Crippen molar-refractivity contribution in [2.24, 2.45) is 0 Å². The van der Waals surface area contributed by atoms with E-state index in [9.17, 15) is 0 Å². The van der Waals surface area contributed by atoms with Gasteiger partial charge in [0.25, 0.3) is 2.86 Å². The van der Waals surface area contributed by atoms with Gasteiger partial charge < -0.3 is 10.2 Å². The lowest BCUT2D eigenvalue weighted by Gasteiger charge is -2.26. The molecule has 2 heteroatoms. The number of aromatic hydroxyl groups is 2. The summed E-state index contributed by atoms with van der Waals surface area (Å²) in [5, 5.41) is 8.16. The van der Waals surface area contributed by atoms with Gasteiger partial charge in [0, 0.05) is 13.6 Å². The summed E-state index contributed by atoms with van der Waals surface area (Å²) in [5.74, 6) is -1.84. The van der Waals surface area contributed by atoms with E-state index in [1.54, 1.807) is 0 Å². The predicted octanol–water partition coefficient (Wildman–Crippen LogP) is 3.42. The zero-order chi connectivity index (χ0) is 25.8. The lowest BCUT2D eigenvalue weighted by molar-refractivity contribution is 0.474. The second kappa shape index (κ2) is 4.13. The standard InChI is InChI=1S/C15H16O2/c1-15(2,11-3-7-13(16)8-4-11)12-5-9-14(17)10-6-12/h3-10,16-17H,1-2H3/i1D3,2D3,3D,4D,5D,6D,7D,8D,9D,10D/hD2. The van der Waals surface area contributed by atoms with Crippen molar-refractivity contribution in [2.45, 2.75) is 19.1 Å². The lowest BCUT2D eigenvalue weighted by atomic mass is 9.78. The monoisotopic (exact) mass is 244 g/mol. The molecule has 2 rings (SSSR count). The van der Waals surface area contributed by atoms with Crippen molar-refractivity contribution in [3.63, 3.8) is 0 Å². The second-order valence-corrected chi connectivity index (χ2v) is 3.16. The molecule has 0 saturated heterocycles. The van der Waals surface area contributed by atoms with Gasteiger partial charge in [0.05, 0.1) is 11.0 Å². The number of hydrogen-bond donors (Lipinski definition) is 2. The summed E-state index contributed by atoms with van der Waals surface area (Å²) in [4.78, 5) is 0. The second-order valence-electron chi connectivity index (χ2n) is 3.16. The lowest BCUT2D eigenvalue weighted by Crippen LogP contribution is -2.18. The van der Waals surface area contributed by atoms with E-state index in [4.69, 9.17) is 22.1 Å². The number of hydrogen-bond acceptors (Lipinski definition) is 2. The largest absolute Gasteiger partial charge is 0.508 e. The van der Waals surface area contributed by atoms with Crippen LogP contribution in [0.25, 0.3) is 0 Å². The maximum absolute atomic E-state index is 8.24. The zero-order valence-corrected chi connectivity index (χ0v) is 8.32.